The highest BCUT2D eigenvalue weighted by molar-refractivity contribution is 5.78. The molecule has 140 valence electrons. The second-order valence-electron chi connectivity index (χ2n) is 7.72. The van der Waals surface area contributed by atoms with Crippen molar-refractivity contribution in [3.8, 4) is 0 Å². The minimum absolute atomic E-state index is 0.149. The zero-order valence-electron chi connectivity index (χ0n) is 15.9. The maximum absolute atomic E-state index is 12.2. The molecule has 0 heterocycles. The van der Waals surface area contributed by atoms with Gasteiger partial charge in [-0.2, -0.15) is 0 Å². The first-order valence-corrected chi connectivity index (χ1v) is 9.87. The Kier molecular flexibility index (Phi) is 10.8. The first-order chi connectivity index (χ1) is 11.5. The minimum Gasteiger partial charge on any atom is -0.469 e. The Bertz CT molecular complexity index is 360. The molecule has 1 rings (SSSR count). The van der Waals surface area contributed by atoms with Gasteiger partial charge in [0.2, 0.25) is 5.91 Å². The summed E-state index contributed by atoms with van der Waals surface area (Å²) in [6, 6.07) is 0. The summed E-state index contributed by atoms with van der Waals surface area (Å²) in [6.07, 6.45) is 11.8. The summed E-state index contributed by atoms with van der Waals surface area (Å²) in [4.78, 5) is 23.2. The predicted octanol–water partition coefficient (Wildman–Crippen LogP) is 4.47. The average Bonchev–Trinajstić information content (AvgIpc) is 2.57. The zero-order valence-corrected chi connectivity index (χ0v) is 15.9. The summed E-state index contributed by atoms with van der Waals surface area (Å²) in [6.45, 7) is 5.31. The van der Waals surface area contributed by atoms with Gasteiger partial charge in [0.05, 0.1) is 7.11 Å². The quantitative estimate of drug-likeness (QED) is 0.446. The molecule has 1 fully saturated rings. The average molecular weight is 340 g/mol. The molecule has 0 bridgehead atoms. The van der Waals surface area contributed by atoms with Gasteiger partial charge in [0.15, 0.2) is 0 Å². The van der Waals surface area contributed by atoms with Gasteiger partial charge in [0.25, 0.3) is 0 Å². The number of carbonyl (C=O) groups is 2. The van der Waals surface area contributed by atoms with Crippen LogP contribution in [0, 0.1) is 17.8 Å². The number of amides is 1. The van der Waals surface area contributed by atoms with Crippen LogP contribution in [0.25, 0.3) is 0 Å². The van der Waals surface area contributed by atoms with E-state index in [2.05, 4.69) is 23.9 Å². The van der Waals surface area contributed by atoms with Crippen molar-refractivity contribution in [1.29, 1.82) is 0 Å². The van der Waals surface area contributed by atoms with E-state index in [1.54, 1.807) is 0 Å². The van der Waals surface area contributed by atoms with Gasteiger partial charge in [-0.1, -0.05) is 39.5 Å². The van der Waals surface area contributed by atoms with E-state index in [0.29, 0.717) is 6.42 Å². The molecule has 1 aliphatic rings. The highest BCUT2D eigenvalue weighted by Crippen LogP contribution is 2.32. The number of hydrogen-bond donors (Lipinski definition) is 1. The third-order valence-electron chi connectivity index (χ3n) is 5.20. The van der Waals surface area contributed by atoms with Crippen LogP contribution in [0.1, 0.15) is 84.5 Å². The molecule has 0 spiro atoms. The molecule has 1 N–H and O–H groups in total. The van der Waals surface area contributed by atoms with E-state index < -0.39 is 0 Å². The Balaban J connectivity index is 2.03. The molecule has 0 aliphatic heterocycles. The number of hydrogen-bond acceptors (Lipinski definition) is 3. The van der Waals surface area contributed by atoms with E-state index in [1.165, 1.54) is 39.2 Å². The maximum Gasteiger partial charge on any atom is 0.305 e. The van der Waals surface area contributed by atoms with Crippen molar-refractivity contribution >= 4 is 11.9 Å². The number of methoxy groups -OCH3 is 1. The van der Waals surface area contributed by atoms with Gasteiger partial charge in [-0.25, -0.2) is 0 Å². The van der Waals surface area contributed by atoms with Crippen LogP contribution in [-0.2, 0) is 14.3 Å². The highest BCUT2D eigenvalue weighted by atomic mass is 16.5. The molecule has 0 aromatic rings. The Morgan fingerprint density at radius 2 is 1.75 bits per heavy atom. The van der Waals surface area contributed by atoms with Crippen LogP contribution in [-0.4, -0.2) is 25.5 Å². The number of rotatable bonds is 11. The van der Waals surface area contributed by atoms with Gasteiger partial charge in [-0.05, 0) is 50.4 Å². The van der Waals surface area contributed by atoms with Gasteiger partial charge in [0, 0.05) is 18.9 Å². The zero-order chi connectivity index (χ0) is 17.8. The third-order valence-corrected chi connectivity index (χ3v) is 5.20. The molecule has 0 atom stereocenters. The fourth-order valence-corrected chi connectivity index (χ4v) is 3.56. The lowest BCUT2D eigenvalue weighted by molar-refractivity contribution is -0.140. The molecule has 1 saturated carbocycles. The molecule has 1 aliphatic carbocycles. The third kappa shape index (κ3) is 9.29. The molecule has 0 unspecified atom stereocenters. The fourth-order valence-electron chi connectivity index (χ4n) is 3.56. The smallest absolute Gasteiger partial charge is 0.305 e. The lowest BCUT2D eigenvalue weighted by Crippen LogP contribution is -2.33. The standard InChI is InChI=1S/C20H37NO3/c1-16(2)8-7-9-17-11-13-18(14-12-17)20(23)21-15-6-4-5-10-19(22)24-3/h16-18H,4-15H2,1-3H3,(H,21,23)/t17-,18-. The topological polar surface area (TPSA) is 55.4 Å². The molecular weight excluding hydrogens is 302 g/mol. The molecule has 0 aromatic heterocycles. The monoisotopic (exact) mass is 339 g/mol. The molecular formula is C20H37NO3. The van der Waals surface area contributed by atoms with Gasteiger partial charge >= 0.3 is 5.97 Å². The summed E-state index contributed by atoms with van der Waals surface area (Å²) >= 11 is 0. The van der Waals surface area contributed by atoms with Gasteiger partial charge < -0.3 is 10.1 Å². The molecule has 0 radical (unpaired) electrons. The van der Waals surface area contributed by atoms with E-state index in [-0.39, 0.29) is 17.8 Å². The van der Waals surface area contributed by atoms with E-state index in [0.717, 1.165) is 50.5 Å². The van der Waals surface area contributed by atoms with Crippen LogP contribution >= 0.6 is 0 Å². The van der Waals surface area contributed by atoms with Crippen LogP contribution in [0.4, 0.5) is 0 Å². The molecule has 0 aromatic carbocycles. The Morgan fingerprint density at radius 3 is 2.38 bits per heavy atom. The van der Waals surface area contributed by atoms with Crippen LogP contribution in [0.3, 0.4) is 0 Å². The van der Waals surface area contributed by atoms with E-state index >= 15 is 0 Å². The van der Waals surface area contributed by atoms with Crippen molar-refractivity contribution < 1.29 is 14.3 Å². The van der Waals surface area contributed by atoms with Crippen molar-refractivity contribution in [1.82, 2.24) is 5.32 Å². The molecule has 4 nitrogen and oxygen atoms in total. The Morgan fingerprint density at radius 1 is 1.04 bits per heavy atom. The summed E-state index contributed by atoms with van der Waals surface area (Å²) in [7, 11) is 1.42. The number of carbonyl (C=O) groups excluding carboxylic acids is 2. The van der Waals surface area contributed by atoms with Gasteiger partial charge in [-0.15, -0.1) is 0 Å². The van der Waals surface area contributed by atoms with E-state index in [1.807, 2.05) is 0 Å². The molecule has 0 saturated heterocycles. The SMILES string of the molecule is COC(=O)CCCCCNC(=O)[C@H]1CC[C@H](CCCC(C)C)CC1. The van der Waals surface area contributed by atoms with Crippen molar-refractivity contribution in [3.63, 3.8) is 0 Å². The van der Waals surface area contributed by atoms with Gasteiger partial charge in [-0.3, -0.25) is 9.59 Å². The lowest BCUT2D eigenvalue weighted by atomic mass is 9.79. The summed E-state index contributed by atoms with van der Waals surface area (Å²) in [5.41, 5.74) is 0. The minimum atomic E-state index is -0.149. The summed E-state index contributed by atoms with van der Waals surface area (Å²) in [5.74, 6) is 1.96. The van der Waals surface area contributed by atoms with Crippen LogP contribution in [0.15, 0.2) is 0 Å². The van der Waals surface area contributed by atoms with Crippen molar-refractivity contribution in [2.45, 2.75) is 84.5 Å². The number of nitrogens with one attached hydrogen (secondary N) is 1. The summed E-state index contributed by atoms with van der Waals surface area (Å²) in [5, 5.41) is 3.07. The fraction of sp³-hybridized carbons (Fsp3) is 0.900. The van der Waals surface area contributed by atoms with Crippen LogP contribution in [0.2, 0.25) is 0 Å². The largest absolute Gasteiger partial charge is 0.469 e. The maximum atomic E-state index is 12.2. The lowest BCUT2D eigenvalue weighted by Gasteiger charge is -2.28. The normalized spacial score (nSPS) is 20.8. The van der Waals surface area contributed by atoms with Crippen LogP contribution in [0.5, 0.6) is 0 Å². The van der Waals surface area contributed by atoms with E-state index in [4.69, 9.17) is 0 Å². The molecule has 4 heteroatoms. The van der Waals surface area contributed by atoms with Crippen molar-refractivity contribution in [2.24, 2.45) is 17.8 Å². The van der Waals surface area contributed by atoms with Gasteiger partial charge in [0.1, 0.15) is 0 Å². The second-order valence-corrected chi connectivity index (χ2v) is 7.72. The number of ether oxygens (including phenoxy) is 1. The van der Waals surface area contributed by atoms with Crippen molar-refractivity contribution in [2.75, 3.05) is 13.7 Å². The number of esters is 1. The first-order valence-electron chi connectivity index (χ1n) is 9.87. The van der Waals surface area contributed by atoms with Crippen molar-refractivity contribution in [3.05, 3.63) is 0 Å². The second kappa shape index (κ2) is 12.3. The summed E-state index contributed by atoms with van der Waals surface area (Å²) < 4.78 is 4.61. The highest BCUT2D eigenvalue weighted by Gasteiger charge is 2.25. The molecule has 1 amide bonds. The first kappa shape index (κ1) is 21.0. The Labute approximate surface area is 148 Å². The van der Waals surface area contributed by atoms with E-state index in [9.17, 15) is 9.59 Å². The van der Waals surface area contributed by atoms with Crippen LogP contribution < -0.4 is 5.32 Å². The number of unbranched alkanes of at least 4 members (excludes halogenated alkanes) is 2. The molecule has 24 heavy (non-hydrogen) atoms. The Hall–Kier alpha value is -1.06. The predicted molar refractivity (Wildman–Crippen MR) is 97.6 cm³/mol.